The quantitative estimate of drug-likeness (QED) is 0.534. The lowest BCUT2D eigenvalue weighted by atomic mass is 10.1. The average Bonchev–Trinajstić information content (AvgIpc) is 3.29. The molecule has 1 fully saturated rings. The summed E-state index contributed by atoms with van der Waals surface area (Å²) >= 11 is 1.03. The summed E-state index contributed by atoms with van der Waals surface area (Å²) in [5.74, 6) is -2.44. The Morgan fingerprint density at radius 2 is 1.59 bits per heavy atom. The Bertz CT molecular complexity index is 907. The van der Waals surface area contributed by atoms with Crippen molar-refractivity contribution in [3.8, 4) is 0 Å². The average molecular weight is 458 g/mol. The third-order valence-electron chi connectivity index (χ3n) is 5.35. The highest BCUT2D eigenvalue weighted by Gasteiger charge is 2.39. The molecule has 1 heterocycles. The third-order valence-corrected chi connectivity index (χ3v) is 6.71. The summed E-state index contributed by atoms with van der Waals surface area (Å²) in [5.41, 5.74) is 1.79. The molecule has 1 aliphatic rings. The fourth-order valence-corrected chi connectivity index (χ4v) is 4.95. The van der Waals surface area contributed by atoms with Crippen molar-refractivity contribution in [3.63, 3.8) is 0 Å². The number of hydrogen-bond acceptors (Lipinski definition) is 5. The molecule has 2 aromatic carbocycles. The molecule has 3 atom stereocenters. The van der Waals surface area contributed by atoms with E-state index in [4.69, 9.17) is 4.74 Å². The molecule has 32 heavy (non-hydrogen) atoms. The number of aliphatic carboxylic acids is 2. The maximum atomic E-state index is 13.3. The van der Waals surface area contributed by atoms with Crippen LogP contribution in [0.25, 0.3) is 0 Å². The number of carbonyl (C=O) groups excluding carboxylic acids is 1. The van der Waals surface area contributed by atoms with Gasteiger partial charge < -0.3 is 19.8 Å². The normalized spacial score (nSPS) is 17.6. The Hall–Kier alpha value is -2.84. The van der Waals surface area contributed by atoms with Crippen molar-refractivity contribution < 1.29 is 29.3 Å². The van der Waals surface area contributed by atoms with Gasteiger partial charge in [-0.3, -0.25) is 9.59 Å². The number of carboxylic acid groups (broad SMARTS) is 2. The number of amides is 1. The second-order valence-corrected chi connectivity index (χ2v) is 9.08. The van der Waals surface area contributed by atoms with Gasteiger partial charge in [0.2, 0.25) is 5.91 Å². The van der Waals surface area contributed by atoms with Crippen LogP contribution < -0.4 is 0 Å². The minimum absolute atomic E-state index is 0.000195. The number of nitrogens with zero attached hydrogens (tertiary/aromatic N) is 1. The Balaban J connectivity index is 1.74. The highest BCUT2D eigenvalue weighted by Crippen LogP contribution is 2.28. The monoisotopic (exact) mass is 457 g/mol. The van der Waals surface area contributed by atoms with E-state index in [1.165, 1.54) is 4.90 Å². The molecule has 0 spiro atoms. The predicted molar refractivity (Wildman–Crippen MR) is 121 cm³/mol. The molecule has 2 aromatic rings. The number of hydrogen-bond donors (Lipinski definition) is 2. The first-order valence-electron chi connectivity index (χ1n) is 10.5. The van der Waals surface area contributed by atoms with Crippen LogP contribution >= 0.6 is 11.8 Å². The van der Waals surface area contributed by atoms with Crippen molar-refractivity contribution in [1.82, 2.24) is 4.90 Å². The van der Waals surface area contributed by atoms with Crippen LogP contribution in [0.5, 0.6) is 0 Å². The van der Waals surface area contributed by atoms with E-state index in [0.29, 0.717) is 19.4 Å². The van der Waals surface area contributed by atoms with E-state index in [1.807, 2.05) is 60.7 Å². The van der Waals surface area contributed by atoms with Crippen molar-refractivity contribution >= 4 is 29.6 Å². The zero-order valence-electron chi connectivity index (χ0n) is 17.6. The highest BCUT2D eigenvalue weighted by atomic mass is 32.2. The van der Waals surface area contributed by atoms with Crippen LogP contribution in [-0.4, -0.2) is 62.7 Å². The molecule has 1 saturated heterocycles. The Morgan fingerprint density at radius 3 is 2.19 bits per heavy atom. The van der Waals surface area contributed by atoms with Gasteiger partial charge in [0.25, 0.3) is 0 Å². The Labute approximate surface area is 191 Å². The summed E-state index contributed by atoms with van der Waals surface area (Å²) in [6, 6.07) is 17.8. The largest absolute Gasteiger partial charge is 0.480 e. The summed E-state index contributed by atoms with van der Waals surface area (Å²) in [5, 5.41) is 17.6. The number of thioether (sulfide) groups is 1. The van der Waals surface area contributed by atoms with Gasteiger partial charge in [-0.05, 0) is 30.4 Å². The second kappa shape index (κ2) is 11.7. The van der Waals surface area contributed by atoms with Gasteiger partial charge in [-0.15, -0.1) is 11.8 Å². The van der Waals surface area contributed by atoms with Crippen molar-refractivity contribution in [3.05, 3.63) is 71.8 Å². The molecule has 1 amide bonds. The van der Waals surface area contributed by atoms with Crippen molar-refractivity contribution in [1.29, 1.82) is 0 Å². The standard InChI is InChI=1S/C24H27NO6S/c26-22(25-13-7-12-19(25)23(27)28)21(16-31-15-18-10-5-2-6-11-18)32-20(24(29)30)14-17-8-3-1-4-9-17/h1-6,8-11,19-21H,7,12-16H2,(H,27,28)(H,29,30)/t19-,20?,21?/m0/s1. The maximum absolute atomic E-state index is 13.3. The number of carboxylic acids is 2. The van der Waals surface area contributed by atoms with Crippen LogP contribution in [0.1, 0.15) is 24.0 Å². The van der Waals surface area contributed by atoms with Crippen molar-refractivity contribution in [2.45, 2.75) is 42.4 Å². The minimum Gasteiger partial charge on any atom is -0.480 e. The van der Waals surface area contributed by atoms with Crippen LogP contribution in [0.3, 0.4) is 0 Å². The Kier molecular flexibility index (Phi) is 8.70. The van der Waals surface area contributed by atoms with E-state index >= 15 is 0 Å². The van der Waals surface area contributed by atoms with Gasteiger partial charge in [0.1, 0.15) is 16.5 Å². The summed E-state index contributed by atoms with van der Waals surface area (Å²) in [6.07, 6.45) is 1.26. The SMILES string of the molecule is O=C(O)C(Cc1ccccc1)SC(COCc1ccccc1)C(=O)N1CCC[C@H]1C(=O)O. The van der Waals surface area contributed by atoms with Gasteiger partial charge in [0.15, 0.2) is 0 Å². The molecule has 0 saturated carbocycles. The second-order valence-electron chi connectivity index (χ2n) is 7.67. The molecule has 7 nitrogen and oxygen atoms in total. The topological polar surface area (TPSA) is 104 Å². The molecule has 0 aliphatic carbocycles. The van der Waals surface area contributed by atoms with Crippen LogP contribution in [-0.2, 0) is 32.1 Å². The van der Waals surface area contributed by atoms with E-state index in [9.17, 15) is 24.6 Å². The molecule has 0 bridgehead atoms. The van der Waals surface area contributed by atoms with Gasteiger partial charge in [0, 0.05) is 6.54 Å². The first-order valence-corrected chi connectivity index (χ1v) is 11.5. The van der Waals surface area contributed by atoms with Gasteiger partial charge in [-0.1, -0.05) is 60.7 Å². The van der Waals surface area contributed by atoms with Crippen LogP contribution in [0, 0.1) is 0 Å². The number of ether oxygens (including phenoxy) is 1. The summed E-state index contributed by atoms with van der Waals surface area (Å²) in [4.78, 5) is 38.2. The summed E-state index contributed by atoms with van der Waals surface area (Å²) < 4.78 is 5.78. The highest BCUT2D eigenvalue weighted by molar-refractivity contribution is 8.01. The van der Waals surface area contributed by atoms with Crippen molar-refractivity contribution in [2.24, 2.45) is 0 Å². The fourth-order valence-electron chi connectivity index (χ4n) is 3.72. The number of rotatable bonds is 11. The molecule has 8 heteroatoms. The molecule has 1 aliphatic heterocycles. The predicted octanol–water partition coefficient (Wildman–Crippen LogP) is 3.08. The lowest BCUT2D eigenvalue weighted by molar-refractivity contribution is -0.148. The van der Waals surface area contributed by atoms with E-state index in [0.717, 1.165) is 22.9 Å². The zero-order chi connectivity index (χ0) is 22.9. The first kappa shape index (κ1) is 23.8. The lowest BCUT2D eigenvalue weighted by Gasteiger charge is -2.28. The van der Waals surface area contributed by atoms with Gasteiger partial charge >= 0.3 is 11.9 Å². The molecule has 2 N–H and O–H groups in total. The molecular weight excluding hydrogens is 430 g/mol. The number of likely N-dealkylation sites (tertiary alicyclic amines) is 1. The molecule has 3 rings (SSSR count). The first-order chi connectivity index (χ1) is 15.5. The van der Waals surface area contributed by atoms with Crippen molar-refractivity contribution in [2.75, 3.05) is 13.2 Å². The molecule has 2 unspecified atom stereocenters. The number of benzene rings is 2. The maximum Gasteiger partial charge on any atom is 0.326 e. The van der Waals surface area contributed by atoms with E-state index in [1.54, 1.807) is 0 Å². The summed E-state index contributed by atoms with van der Waals surface area (Å²) in [7, 11) is 0. The molecular formula is C24H27NO6S. The van der Waals surface area contributed by atoms with E-state index < -0.39 is 28.5 Å². The third kappa shape index (κ3) is 6.58. The van der Waals surface area contributed by atoms with E-state index in [2.05, 4.69) is 0 Å². The summed E-state index contributed by atoms with van der Waals surface area (Å²) in [6.45, 7) is 0.631. The van der Waals surface area contributed by atoms with Crippen LogP contribution in [0.2, 0.25) is 0 Å². The van der Waals surface area contributed by atoms with Gasteiger partial charge in [0.05, 0.1) is 13.2 Å². The molecule has 0 radical (unpaired) electrons. The van der Waals surface area contributed by atoms with Crippen LogP contribution in [0.4, 0.5) is 0 Å². The number of carbonyl (C=O) groups is 3. The lowest BCUT2D eigenvalue weighted by Crippen LogP contribution is -2.46. The molecule has 0 aromatic heterocycles. The van der Waals surface area contributed by atoms with Gasteiger partial charge in [-0.2, -0.15) is 0 Å². The molecule has 170 valence electrons. The Morgan fingerprint density at radius 1 is 0.969 bits per heavy atom. The van der Waals surface area contributed by atoms with E-state index in [-0.39, 0.29) is 25.5 Å². The minimum atomic E-state index is -1.04. The van der Waals surface area contributed by atoms with Crippen LogP contribution in [0.15, 0.2) is 60.7 Å². The zero-order valence-corrected chi connectivity index (χ0v) is 18.4. The smallest absolute Gasteiger partial charge is 0.326 e. The van der Waals surface area contributed by atoms with Gasteiger partial charge in [-0.25, -0.2) is 4.79 Å². The fraction of sp³-hybridized carbons (Fsp3) is 0.375.